The molecule has 3 aliphatic heterocycles. The van der Waals surface area contributed by atoms with E-state index in [1.807, 2.05) is 132 Å². The minimum atomic E-state index is -1.21. The van der Waals surface area contributed by atoms with Crippen molar-refractivity contribution in [3.8, 4) is 22.5 Å². The molecule has 0 bridgehead atoms. The third-order valence-corrected chi connectivity index (χ3v) is 12.4. The number of ketones is 1. The van der Waals surface area contributed by atoms with E-state index in [1.54, 1.807) is 15.4 Å². The van der Waals surface area contributed by atoms with Crippen LogP contribution in [0.15, 0.2) is 96.9 Å². The summed E-state index contributed by atoms with van der Waals surface area (Å²) in [4.78, 5) is 29.9. The van der Waals surface area contributed by atoms with E-state index < -0.39 is 60.8 Å². The van der Waals surface area contributed by atoms with Crippen molar-refractivity contribution in [2.45, 2.75) is 122 Å². The standard InChI is InChI=1S/C47H61N7O8/c1-7-14-40-35(26-54-28-37(49-51-54)33-17-12-9-13-18-33)23-29(2)19-20-38(55)30(3)24-34(21-22-53-27-36(48-50-53)32-15-10-8-11-16-32)44(31(4)39(56)25-41(57)59-40)60-46-43(58)42(52(5)6)45-47(61-45)62-46/h8-13,15-20,23,27-28,30-31,34-35,39-40,42-47,56,58H,7,14,21-22,24-26H2,1-6H3/b20-19+,29-23+/t30-,31+,34+,35-,39-,40-,42?,43?,44-,45?,46-,47+/m1/s1. The number of ether oxygens (including phenoxy) is 4. The van der Waals surface area contributed by atoms with Gasteiger partial charge < -0.3 is 34.1 Å². The molecule has 0 amide bonds. The second-order valence-corrected chi connectivity index (χ2v) is 17.4. The lowest BCUT2D eigenvalue weighted by atomic mass is 9.79. The SMILES string of the molecule is CCC[C@H]1OC(=O)C[C@@H](O)[C@H](C)[C@@H](O[C@@H]2O[C@@H]3OC3C(N(C)C)C2O)[C@@H](CCn2cc(-c3ccccc3)nn2)C[C@@H](C)C(=O)/C=C/C(C)=C/[C@@H]1Cn1cc(-c2ccccc2)nn1. The molecular weight excluding hydrogens is 791 g/mol. The van der Waals surface area contributed by atoms with E-state index in [0.717, 1.165) is 34.5 Å². The number of aliphatic hydroxyl groups is 2. The quantitative estimate of drug-likeness (QED) is 0.135. The number of aryl methyl sites for hydroxylation is 1. The maximum atomic E-state index is 14.0. The van der Waals surface area contributed by atoms with Gasteiger partial charge in [-0.25, -0.2) is 0 Å². The summed E-state index contributed by atoms with van der Waals surface area (Å²) < 4.78 is 28.5. The topological polar surface area (TPSA) is 179 Å². The summed E-state index contributed by atoms with van der Waals surface area (Å²) in [5, 5.41) is 41.3. The minimum Gasteiger partial charge on any atom is -0.462 e. The van der Waals surface area contributed by atoms with Crippen LogP contribution in [-0.2, 0) is 41.6 Å². The van der Waals surface area contributed by atoms with Crippen LogP contribution in [0.1, 0.15) is 59.8 Å². The first-order chi connectivity index (χ1) is 29.9. The van der Waals surface area contributed by atoms with E-state index in [2.05, 4.69) is 20.6 Å². The Morgan fingerprint density at radius 2 is 1.52 bits per heavy atom. The van der Waals surface area contributed by atoms with Crippen molar-refractivity contribution in [2.75, 3.05) is 14.1 Å². The van der Waals surface area contributed by atoms with Crippen molar-refractivity contribution >= 4 is 11.8 Å². The average Bonchev–Trinajstić information content (AvgIpc) is 3.60. The third-order valence-electron chi connectivity index (χ3n) is 12.4. The first kappa shape index (κ1) is 45.1. The first-order valence-electron chi connectivity index (χ1n) is 21.9. The van der Waals surface area contributed by atoms with Gasteiger partial charge in [-0.1, -0.05) is 116 Å². The van der Waals surface area contributed by atoms with Gasteiger partial charge in [-0.2, -0.15) is 0 Å². The van der Waals surface area contributed by atoms with E-state index in [-0.39, 0.29) is 30.1 Å². The minimum absolute atomic E-state index is 0.0679. The predicted molar refractivity (Wildman–Crippen MR) is 231 cm³/mol. The summed E-state index contributed by atoms with van der Waals surface area (Å²) in [5.41, 5.74) is 4.15. The number of epoxide rings is 1. The Labute approximate surface area is 363 Å². The summed E-state index contributed by atoms with van der Waals surface area (Å²) in [7, 11) is 3.73. The van der Waals surface area contributed by atoms with Crippen LogP contribution in [0, 0.1) is 23.7 Å². The van der Waals surface area contributed by atoms with E-state index in [0.29, 0.717) is 32.4 Å². The van der Waals surface area contributed by atoms with Crippen molar-refractivity contribution in [2.24, 2.45) is 23.7 Å². The molecule has 3 aliphatic rings. The molecule has 2 saturated heterocycles. The largest absolute Gasteiger partial charge is 0.462 e. The number of carbonyl (C=O) groups is 2. The zero-order chi connectivity index (χ0) is 43.9. The van der Waals surface area contributed by atoms with E-state index >= 15 is 0 Å². The van der Waals surface area contributed by atoms with Gasteiger partial charge in [0, 0.05) is 35.4 Å². The molecule has 2 fully saturated rings. The van der Waals surface area contributed by atoms with Crippen LogP contribution in [0.4, 0.5) is 0 Å². The summed E-state index contributed by atoms with van der Waals surface area (Å²) >= 11 is 0. The Hall–Kier alpha value is -4.90. The zero-order valence-corrected chi connectivity index (χ0v) is 36.5. The summed E-state index contributed by atoms with van der Waals surface area (Å²) in [5.74, 6) is -2.44. The van der Waals surface area contributed by atoms with Gasteiger partial charge in [-0.3, -0.25) is 19.0 Å². The molecular formula is C47H61N7O8. The van der Waals surface area contributed by atoms with Gasteiger partial charge in [-0.05, 0) is 52.3 Å². The fourth-order valence-electron chi connectivity index (χ4n) is 8.82. The van der Waals surface area contributed by atoms with Crippen LogP contribution >= 0.6 is 0 Å². The maximum absolute atomic E-state index is 14.0. The number of aliphatic hydroxyl groups excluding tert-OH is 2. The summed E-state index contributed by atoms with van der Waals surface area (Å²) in [6, 6.07) is 19.2. The monoisotopic (exact) mass is 851 g/mol. The number of esters is 1. The van der Waals surface area contributed by atoms with E-state index in [1.165, 1.54) is 0 Å². The third kappa shape index (κ3) is 11.2. The normalized spacial score (nSPS) is 32.4. The molecule has 0 spiro atoms. The second kappa shape index (κ2) is 20.5. The first-order valence-corrected chi connectivity index (χ1v) is 21.9. The number of rotatable bonds is 12. The summed E-state index contributed by atoms with van der Waals surface area (Å²) in [6.45, 7) is 8.47. The number of hydrogen-bond acceptors (Lipinski definition) is 13. The van der Waals surface area contributed by atoms with Crippen molar-refractivity contribution in [3.05, 3.63) is 96.9 Å². The number of likely N-dealkylation sites (N-methyl/N-ethyl adjacent to an activating group) is 1. The van der Waals surface area contributed by atoms with Crippen molar-refractivity contribution < 1.29 is 38.7 Å². The molecule has 3 unspecified atom stereocenters. The highest BCUT2D eigenvalue weighted by molar-refractivity contribution is 5.91. The number of carbonyl (C=O) groups excluding carboxylic acids is 2. The molecule has 2 aromatic carbocycles. The highest BCUT2D eigenvalue weighted by Gasteiger charge is 2.58. The Morgan fingerprint density at radius 1 is 0.871 bits per heavy atom. The van der Waals surface area contributed by atoms with Crippen LogP contribution in [0.5, 0.6) is 0 Å². The molecule has 0 radical (unpaired) electrons. The Bertz CT molecular complexity index is 2140. The van der Waals surface area contributed by atoms with Crippen LogP contribution in [-0.4, -0.2) is 120 Å². The number of hydrogen-bond donors (Lipinski definition) is 2. The van der Waals surface area contributed by atoms with E-state index in [9.17, 15) is 19.8 Å². The van der Waals surface area contributed by atoms with Crippen LogP contribution in [0.2, 0.25) is 0 Å². The molecule has 332 valence electrons. The maximum Gasteiger partial charge on any atom is 0.308 e. The highest BCUT2D eigenvalue weighted by Crippen LogP contribution is 2.41. The molecule has 2 N–H and O–H groups in total. The molecule has 2 aromatic heterocycles. The lowest BCUT2D eigenvalue weighted by molar-refractivity contribution is -0.269. The van der Waals surface area contributed by atoms with Gasteiger partial charge in [0.25, 0.3) is 0 Å². The fourth-order valence-corrected chi connectivity index (χ4v) is 8.82. The average molecular weight is 852 g/mol. The van der Waals surface area contributed by atoms with Crippen molar-refractivity contribution in [1.82, 2.24) is 34.9 Å². The molecule has 12 atom stereocenters. The molecule has 5 heterocycles. The number of cyclic esters (lactones) is 1. The Kier molecular flexibility index (Phi) is 14.9. The smallest absolute Gasteiger partial charge is 0.308 e. The Morgan fingerprint density at radius 3 is 2.16 bits per heavy atom. The van der Waals surface area contributed by atoms with Gasteiger partial charge in [0.2, 0.25) is 0 Å². The van der Waals surface area contributed by atoms with Gasteiger partial charge in [0.15, 0.2) is 18.4 Å². The lowest BCUT2D eigenvalue weighted by Gasteiger charge is -2.41. The van der Waals surface area contributed by atoms with Gasteiger partial charge >= 0.3 is 5.97 Å². The molecule has 15 heteroatoms. The molecule has 0 saturated carbocycles. The van der Waals surface area contributed by atoms with Crippen LogP contribution in [0.25, 0.3) is 22.5 Å². The molecule has 62 heavy (non-hydrogen) atoms. The molecule has 7 rings (SSSR count). The number of nitrogens with zero attached hydrogens (tertiary/aromatic N) is 7. The van der Waals surface area contributed by atoms with Gasteiger partial charge in [-0.15, -0.1) is 10.2 Å². The number of benzene rings is 2. The number of aromatic nitrogens is 6. The van der Waals surface area contributed by atoms with Crippen LogP contribution < -0.4 is 0 Å². The zero-order valence-electron chi connectivity index (χ0n) is 36.5. The van der Waals surface area contributed by atoms with Crippen LogP contribution in [0.3, 0.4) is 0 Å². The molecule has 4 aromatic rings. The second-order valence-electron chi connectivity index (χ2n) is 17.4. The molecule has 15 nitrogen and oxygen atoms in total. The number of fused-ring (bicyclic) bond motifs is 1. The summed E-state index contributed by atoms with van der Waals surface area (Å²) in [6.07, 6.45) is 5.46. The highest BCUT2D eigenvalue weighted by atomic mass is 16.8. The molecule has 0 aliphatic carbocycles. The predicted octanol–water partition coefficient (Wildman–Crippen LogP) is 5.49. The van der Waals surface area contributed by atoms with E-state index in [4.69, 9.17) is 18.9 Å². The fraction of sp³-hybridized carbons (Fsp3) is 0.532. The van der Waals surface area contributed by atoms with Gasteiger partial charge in [0.05, 0.1) is 43.6 Å². The lowest BCUT2D eigenvalue weighted by Crippen LogP contribution is -2.56. The number of allylic oxidation sites excluding steroid dienone is 3. The van der Waals surface area contributed by atoms with Gasteiger partial charge in [0.1, 0.15) is 29.7 Å². The van der Waals surface area contributed by atoms with Crippen molar-refractivity contribution in [3.63, 3.8) is 0 Å². The Balaban J connectivity index is 1.19. The van der Waals surface area contributed by atoms with Crippen molar-refractivity contribution in [1.29, 1.82) is 0 Å².